The van der Waals surface area contributed by atoms with Crippen molar-refractivity contribution in [2.24, 2.45) is 0 Å². The number of ether oxygens (including phenoxy) is 2. The van der Waals surface area contributed by atoms with Gasteiger partial charge in [-0.3, -0.25) is 4.90 Å². The van der Waals surface area contributed by atoms with E-state index >= 15 is 0 Å². The van der Waals surface area contributed by atoms with E-state index in [1.165, 1.54) is 4.90 Å². The third-order valence-corrected chi connectivity index (χ3v) is 7.70. The van der Waals surface area contributed by atoms with Gasteiger partial charge in [-0.15, -0.1) is 0 Å². The fourth-order valence-corrected chi connectivity index (χ4v) is 4.86. The van der Waals surface area contributed by atoms with Gasteiger partial charge in [-0.25, -0.2) is 9.59 Å². The molecule has 8 nitrogen and oxygen atoms in total. The fraction of sp³-hybridized carbons (Fsp3) is 0.545. The van der Waals surface area contributed by atoms with Crippen LogP contribution in [0.1, 0.15) is 12.0 Å². The predicted octanol–water partition coefficient (Wildman–Crippen LogP) is 3.28. The van der Waals surface area contributed by atoms with Crippen molar-refractivity contribution in [1.82, 2.24) is 9.80 Å². The summed E-state index contributed by atoms with van der Waals surface area (Å²) < 4.78 is 11.2. The summed E-state index contributed by atoms with van der Waals surface area (Å²) in [6.45, 7) is 8.29. The molecule has 2 N–H and O–H groups in total. The molecule has 2 bridgehead atoms. The van der Waals surface area contributed by atoms with E-state index in [1.54, 1.807) is 0 Å². The number of likely N-dealkylation sites (N-methyl/N-ethyl adjacent to an activating group) is 1. The van der Waals surface area contributed by atoms with E-state index in [4.69, 9.17) is 9.47 Å². The number of piperazine rings is 1. The molecule has 2 atom stereocenters. The lowest BCUT2D eigenvalue weighted by molar-refractivity contribution is -0.134. The first-order valence-corrected chi connectivity index (χ1v) is 14.2. The Hall–Kier alpha value is -2.36. The molecule has 1 saturated heterocycles. The van der Waals surface area contributed by atoms with Gasteiger partial charge in [-0.1, -0.05) is 31.8 Å². The second-order valence-corrected chi connectivity index (χ2v) is 15.1. The van der Waals surface area contributed by atoms with Gasteiger partial charge < -0.3 is 24.6 Å². The van der Waals surface area contributed by atoms with Crippen molar-refractivity contribution in [2.45, 2.75) is 44.2 Å². The predicted molar refractivity (Wildman–Crippen MR) is 120 cm³/mol. The van der Waals surface area contributed by atoms with Crippen molar-refractivity contribution < 1.29 is 29.3 Å². The summed E-state index contributed by atoms with van der Waals surface area (Å²) in [5.74, 6) is -0.340. The number of aliphatic carboxylic acids is 1. The summed E-state index contributed by atoms with van der Waals surface area (Å²) in [6, 6.07) is 7.94. The maximum Gasteiger partial charge on any atom is 0.407 e. The summed E-state index contributed by atoms with van der Waals surface area (Å²) in [7, 11) is 0.741. The zero-order chi connectivity index (χ0) is 22.8. The van der Waals surface area contributed by atoms with Crippen LogP contribution in [-0.2, 0) is 9.53 Å². The van der Waals surface area contributed by atoms with E-state index in [0.717, 1.165) is 17.2 Å². The minimum atomic E-state index is -1.13. The first kappa shape index (κ1) is 23.3. The number of carboxylic acids is 1. The van der Waals surface area contributed by atoms with Crippen molar-refractivity contribution in [3.8, 4) is 5.75 Å². The van der Waals surface area contributed by atoms with Crippen LogP contribution in [0.3, 0.4) is 0 Å². The highest BCUT2D eigenvalue weighted by Crippen LogP contribution is 2.37. The summed E-state index contributed by atoms with van der Waals surface area (Å²) in [5, 5.41) is 19.3. The number of hydrogen-bond donors (Lipinski definition) is 2. The molecule has 0 spiro atoms. The normalized spacial score (nSPS) is 21.9. The lowest BCUT2D eigenvalue weighted by Crippen LogP contribution is -2.61. The fourth-order valence-electron chi connectivity index (χ4n) is 4.10. The van der Waals surface area contributed by atoms with Gasteiger partial charge in [0.25, 0.3) is 0 Å². The Morgan fingerprint density at radius 1 is 1.13 bits per heavy atom. The summed E-state index contributed by atoms with van der Waals surface area (Å²) in [5.41, 5.74) is 1.87. The molecule has 0 saturated carbocycles. The van der Waals surface area contributed by atoms with E-state index in [0.29, 0.717) is 25.3 Å². The molecule has 2 heterocycles. The quantitative estimate of drug-likeness (QED) is 0.358. The van der Waals surface area contributed by atoms with Crippen molar-refractivity contribution in [3.05, 3.63) is 35.4 Å². The molecule has 170 valence electrons. The van der Waals surface area contributed by atoms with Crippen molar-refractivity contribution in [1.29, 1.82) is 0 Å². The monoisotopic (exact) mass is 448 g/mol. The van der Waals surface area contributed by atoms with Gasteiger partial charge in [0, 0.05) is 33.8 Å². The Balaban J connectivity index is 1.72. The lowest BCUT2D eigenvalue weighted by atomic mass is 9.82. The highest BCUT2D eigenvalue weighted by molar-refractivity contribution is 6.76. The SMILES string of the molecule is CN1[C@@H]2CC(c3ccc(OCOCC[Si](C)(C)C)cc3)=C(C(=O)O)[C@H]1CN(C(=O)O)C2. The van der Waals surface area contributed by atoms with Gasteiger partial charge in [-0.05, 0) is 42.8 Å². The highest BCUT2D eigenvalue weighted by atomic mass is 28.3. The molecule has 0 unspecified atom stereocenters. The molecule has 0 radical (unpaired) electrons. The van der Waals surface area contributed by atoms with E-state index in [-0.39, 0.29) is 25.0 Å². The zero-order valence-corrected chi connectivity index (χ0v) is 19.6. The average molecular weight is 449 g/mol. The van der Waals surface area contributed by atoms with Gasteiger partial charge in [0.05, 0.1) is 11.6 Å². The Morgan fingerprint density at radius 2 is 1.81 bits per heavy atom. The van der Waals surface area contributed by atoms with Crippen LogP contribution in [0.15, 0.2) is 29.8 Å². The van der Waals surface area contributed by atoms with E-state index < -0.39 is 26.2 Å². The van der Waals surface area contributed by atoms with Gasteiger partial charge in [-0.2, -0.15) is 0 Å². The molecule has 0 aliphatic carbocycles. The maximum atomic E-state index is 12.1. The molecule has 9 heteroatoms. The largest absolute Gasteiger partial charge is 0.478 e. The second kappa shape index (κ2) is 9.42. The Morgan fingerprint density at radius 3 is 2.39 bits per heavy atom. The van der Waals surface area contributed by atoms with E-state index in [9.17, 15) is 19.8 Å². The Kier molecular flexibility index (Phi) is 7.08. The van der Waals surface area contributed by atoms with Crippen LogP contribution < -0.4 is 4.74 Å². The van der Waals surface area contributed by atoms with Crippen LogP contribution in [-0.4, -0.2) is 85.8 Å². The van der Waals surface area contributed by atoms with E-state index in [2.05, 4.69) is 19.6 Å². The van der Waals surface area contributed by atoms with Crippen molar-refractivity contribution >= 4 is 25.7 Å². The van der Waals surface area contributed by atoms with Gasteiger partial charge >= 0.3 is 12.1 Å². The number of fused-ring (bicyclic) bond motifs is 2. The number of carbonyl (C=O) groups is 2. The minimum Gasteiger partial charge on any atom is -0.478 e. The number of benzene rings is 1. The molecular formula is C22H32N2O6Si. The zero-order valence-electron chi connectivity index (χ0n) is 18.6. The number of amides is 1. The first-order valence-electron chi connectivity index (χ1n) is 10.5. The minimum absolute atomic E-state index is 0.0522. The number of nitrogens with zero attached hydrogens (tertiary/aromatic N) is 2. The average Bonchev–Trinajstić information content (AvgIpc) is 2.66. The van der Waals surface area contributed by atoms with Crippen LogP contribution in [0.2, 0.25) is 25.7 Å². The number of rotatable bonds is 8. The van der Waals surface area contributed by atoms with Gasteiger partial charge in [0.1, 0.15) is 5.75 Å². The summed E-state index contributed by atoms with van der Waals surface area (Å²) in [4.78, 5) is 26.9. The third kappa shape index (κ3) is 5.66. The molecule has 1 fully saturated rings. The Labute approximate surface area is 184 Å². The lowest BCUT2D eigenvalue weighted by Gasteiger charge is -2.48. The van der Waals surface area contributed by atoms with Crippen LogP contribution in [0, 0.1) is 0 Å². The van der Waals surface area contributed by atoms with Crippen LogP contribution >= 0.6 is 0 Å². The smallest absolute Gasteiger partial charge is 0.407 e. The topological polar surface area (TPSA) is 99.5 Å². The van der Waals surface area contributed by atoms with Crippen LogP contribution in [0.25, 0.3) is 5.57 Å². The van der Waals surface area contributed by atoms with Gasteiger partial charge in [0.15, 0.2) is 6.79 Å². The number of carboxylic acid groups (broad SMARTS) is 2. The van der Waals surface area contributed by atoms with Crippen LogP contribution in [0.5, 0.6) is 5.75 Å². The number of hydrogen-bond acceptors (Lipinski definition) is 5. The molecular weight excluding hydrogens is 416 g/mol. The molecule has 1 aromatic carbocycles. The Bertz CT molecular complexity index is 849. The van der Waals surface area contributed by atoms with Gasteiger partial charge in [0.2, 0.25) is 0 Å². The van der Waals surface area contributed by atoms with E-state index in [1.807, 2.05) is 36.2 Å². The molecule has 2 aliphatic rings. The molecule has 1 amide bonds. The molecule has 2 aliphatic heterocycles. The third-order valence-electron chi connectivity index (χ3n) is 6.00. The molecule has 3 rings (SSSR count). The second-order valence-electron chi connectivity index (χ2n) is 9.43. The summed E-state index contributed by atoms with van der Waals surface area (Å²) in [6.07, 6.45) is -0.525. The van der Waals surface area contributed by atoms with Crippen molar-refractivity contribution in [3.63, 3.8) is 0 Å². The first-order chi connectivity index (χ1) is 14.6. The van der Waals surface area contributed by atoms with Crippen molar-refractivity contribution in [2.75, 3.05) is 33.5 Å². The highest BCUT2D eigenvalue weighted by Gasteiger charge is 2.43. The molecule has 1 aromatic rings. The molecule has 31 heavy (non-hydrogen) atoms. The standard InChI is InChI=1S/C22H32N2O6Si/c1-23-16-11-18(20(21(25)26)19(23)13-24(12-16)22(27)28)15-5-7-17(8-6-15)30-14-29-9-10-31(2,3)4/h5-8,16,19H,9-14H2,1-4H3,(H,25,26)(H,27,28)/t16-,19-/m1/s1. The maximum absolute atomic E-state index is 12.1. The molecule has 0 aromatic heterocycles. The van der Waals surface area contributed by atoms with Crippen LogP contribution in [0.4, 0.5) is 4.79 Å². The summed E-state index contributed by atoms with van der Waals surface area (Å²) >= 11 is 0.